The average molecular weight is 306 g/mol. The zero-order valence-corrected chi connectivity index (χ0v) is 11.3. The standard InChI is InChI=1S/C14H14F3NO.ClH/c15-14(16,17)8-7-11(18)13-10-4-2-1-3-9(10)5-6-12(13)19;/h1-6,11,19H,7-8,18H2;1H/t11-;/m1./s1. The molecule has 0 fully saturated rings. The van der Waals surface area contributed by atoms with Gasteiger partial charge in [0.15, 0.2) is 0 Å². The minimum Gasteiger partial charge on any atom is -0.508 e. The van der Waals surface area contributed by atoms with E-state index in [1.807, 2.05) is 12.1 Å². The van der Waals surface area contributed by atoms with Gasteiger partial charge in [-0.2, -0.15) is 13.2 Å². The van der Waals surface area contributed by atoms with Crippen LogP contribution in [-0.2, 0) is 0 Å². The van der Waals surface area contributed by atoms with Crippen molar-refractivity contribution in [3.8, 4) is 5.75 Å². The summed E-state index contributed by atoms with van der Waals surface area (Å²) >= 11 is 0. The van der Waals surface area contributed by atoms with Crippen LogP contribution in [0.1, 0.15) is 24.4 Å². The molecule has 2 aromatic rings. The molecule has 0 aliphatic rings. The quantitative estimate of drug-likeness (QED) is 0.887. The number of aromatic hydroxyl groups is 1. The van der Waals surface area contributed by atoms with Crippen molar-refractivity contribution in [3.63, 3.8) is 0 Å². The number of benzene rings is 2. The minimum atomic E-state index is -4.24. The molecule has 0 aliphatic heterocycles. The summed E-state index contributed by atoms with van der Waals surface area (Å²) < 4.78 is 36.7. The van der Waals surface area contributed by atoms with Crippen molar-refractivity contribution < 1.29 is 18.3 Å². The Morgan fingerprint density at radius 1 is 1.10 bits per heavy atom. The first-order chi connectivity index (χ1) is 8.88. The van der Waals surface area contributed by atoms with Crippen LogP contribution < -0.4 is 5.73 Å². The van der Waals surface area contributed by atoms with Gasteiger partial charge in [0.2, 0.25) is 0 Å². The van der Waals surface area contributed by atoms with Gasteiger partial charge in [0.25, 0.3) is 0 Å². The number of hydrogen-bond acceptors (Lipinski definition) is 2. The molecule has 20 heavy (non-hydrogen) atoms. The van der Waals surface area contributed by atoms with Crippen molar-refractivity contribution in [2.24, 2.45) is 5.73 Å². The highest BCUT2D eigenvalue weighted by Gasteiger charge is 2.28. The molecular formula is C14H15ClF3NO. The van der Waals surface area contributed by atoms with Gasteiger partial charge in [-0.3, -0.25) is 0 Å². The summed E-state index contributed by atoms with van der Waals surface area (Å²) in [5.41, 5.74) is 6.19. The Hall–Kier alpha value is -1.46. The molecule has 3 N–H and O–H groups in total. The van der Waals surface area contributed by atoms with Crippen LogP contribution in [0.3, 0.4) is 0 Å². The van der Waals surface area contributed by atoms with E-state index in [2.05, 4.69) is 0 Å². The van der Waals surface area contributed by atoms with E-state index in [1.165, 1.54) is 6.07 Å². The molecule has 2 rings (SSSR count). The first-order valence-electron chi connectivity index (χ1n) is 5.91. The lowest BCUT2D eigenvalue weighted by Crippen LogP contribution is -2.16. The SMILES string of the molecule is Cl.N[C@H](CCC(F)(F)F)c1c(O)ccc2ccccc12. The zero-order valence-electron chi connectivity index (χ0n) is 10.5. The van der Waals surface area contributed by atoms with E-state index >= 15 is 0 Å². The number of phenolic OH excluding ortho intramolecular Hbond substituents is 1. The zero-order chi connectivity index (χ0) is 14.0. The Labute approximate surface area is 120 Å². The monoisotopic (exact) mass is 305 g/mol. The van der Waals surface area contributed by atoms with Crippen molar-refractivity contribution in [2.75, 3.05) is 0 Å². The van der Waals surface area contributed by atoms with Crippen LogP contribution in [0.15, 0.2) is 36.4 Å². The summed E-state index contributed by atoms with van der Waals surface area (Å²) in [5, 5.41) is 11.4. The molecule has 0 aliphatic carbocycles. The molecule has 0 bridgehead atoms. The number of nitrogens with two attached hydrogens (primary N) is 1. The Morgan fingerprint density at radius 2 is 1.75 bits per heavy atom. The molecule has 0 amide bonds. The molecule has 0 saturated heterocycles. The van der Waals surface area contributed by atoms with Crippen molar-refractivity contribution >= 4 is 23.2 Å². The lowest BCUT2D eigenvalue weighted by molar-refractivity contribution is -0.136. The van der Waals surface area contributed by atoms with E-state index in [-0.39, 0.29) is 24.6 Å². The maximum Gasteiger partial charge on any atom is 0.389 e. The van der Waals surface area contributed by atoms with E-state index < -0.39 is 18.6 Å². The molecule has 0 unspecified atom stereocenters. The van der Waals surface area contributed by atoms with Crippen LogP contribution in [0.4, 0.5) is 13.2 Å². The van der Waals surface area contributed by atoms with Crippen LogP contribution >= 0.6 is 12.4 Å². The molecule has 110 valence electrons. The first-order valence-corrected chi connectivity index (χ1v) is 5.91. The lowest BCUT2D eigenvalue weighted by atomic mass is 9.95. The van der Waals surface area contributed by atoms with Crippen molar-refractivity contribution in [1.29, 1.82) is 0 Å². The molecule has 2 aromatic carbocycles. The first kappa shape index (κ1) is 16.6. The molecule has 0 saturated carbocycles. The third-order valence-corrected chi connectivity index (χ3v) is 3.06. The van der Waals surface area contributed by atoms with Crippen molar-refractivity contribution in [2.45, 2.75) is 25.1 Å². The van der Waals surface area contributed by atoms with Crippen LogP contribution in [0.5, 0.6) is 5.75 Å². The van der Waals surface area contributed by atoms with Gasteiger partial charge >= 0.3 is 6.18 Å². The molecule has 6 heteroatoms. The summed E-state index contributed by atoms with van der Waals surface area (Å²) in [4.78, 5) is 0. The topological polar surface area (TPSA) is 46.2 Å². The maximum absolute atomic E-state index is 12.2. The van der Waals surface area contributed by atoms with Crippen molar-refractivity contribution in [1.82, 2.24) is 0 Å². The molecule has 0 heterocycles. The number of rotatable bonds is 3. The van der Waals surface area contributed by atoms with Gasteiger partial charge in [-0.1, -0.05) is 30.3 Å². The predicted octanol–water partition coefficient (Wildman–Crippen LogP) is 4.31. The fourth-order valence-electron chi connectivity index (χ4n) is 2.14. The summed E-state index contributed by atoms with van der Waals surface area (Å²) in [5.74, 6) is -0.0617. The Bertz CT molecular complexity index is 586. The van der Waals surface area contributed by atoms with Gasteiger partial charge in [-0.25, -0.2) is 0 Å². The van der Waals surface area contributed by atoms with Gasteiger partial charge in [-0.05, 0) is 23.3 Å². The Morgan fingerprint density at radius 3 is 2.40 bits per heavy atom. The van der Waals surface area contributed by atoms with Crippen LogP contribution in [-0.4, -0.2) is 11.3 Å². The Balaban J connectivity index is 0.00000200. The van der Waals surface area contributed by atoms with E-state index in [0.29, 0.717) is 10.9 Å². The second-order valence-electron chi connectivity index (χ2n) is 4.48. The largest absolute Gasteiger partial charge is 0.508 e. The van der Waals surface area contributed by atoms with E-state index in [9.17, 15) is 18.3 Å². The third kappa shape index (κ3) is 3.77. The predicted molar refractivity (Wildman–Crippen MR) is 75.1 cm³/mol. The van der Waals surface area contributed by atoms with Crippen LogP contribution in [0.25, 0.3) is 10.8 Å². The van der Waals surface area contributed by atoms with Gasteiger partial charge in [0, 0.05) is 18.0 Å². The minimum absolute atomic E-state index is 0. The highest BCUT2D eigenvalue weighted by Crippen LogP contribution is 2.35. The van der Waals surface area contributed by atoms with Gasteiger partial charge < -0.3 is 10.8 Å². The van der Waals surface area contributed by atoms with Crippen LogP contribution in [0, 0.1) is 0 Å². The van der Waals surface area contributed by atoms with Crippen LogP contribution in [0.2, 0.25) is 0 Å². The highest BCUT2D eigenvalue weighted by atomic mass is 35.5. The van der Waals surface area contributed by atoms with E-state index in [0.717, 1.165) is 5.39 Å². The third-order valence-electron chi connectivity index (χ3n) is 3.06. The normalized spacial score (nSPS) is 13.0. The maximum atomic E-state index is 12.2. The fourth-order valence-corrected chi connectivity index (χ4v) is 2.14. The summed E-state index contributed by atoms with van der Waals surface area (Å²) in [6.07, 6.45) is -5.44. The smallest absolute Gasteiger partial charge is 0.389 e. The fraction of sp³-hybridized carbons (Fsp3) is 0.286. The molecule has 1 atom stereocenters. The molecule has 0 aromatic heterocycles. The molecule has 0 spiro atoms. The van der Waals surface area contributed by atoms with Crippen molar-refractivity contribution in [3.05, 3.63) is 42.0 Å². The van der Waals surface area contributed by atoms with E-state index in [1.54, 1.807) is 18.2 Å². The number of hydrogen-bond donors (Lipinski definition) is 2. The average Bonchev–Trinajstić information content (AvgIpc) is 2.35. The van der Waals surface area contributed by atoms with E-state index in [4.69, 9.17) is 5.73 Å². The second-order valence-corrected chi connectivity index (χ2v) is 4.48. The second kappa shape index (κ2) is 6.33. The number of halogens is 4. The number of alkyl halides is 3. The van der Waals surface area contributed by atoms with Gasteiger partial charge in [0.05, 0.1) is 0 Å². The highest BCUT2D eigenvalue weighted by molar-refractivity contribution is 5.88. The lowest BCUT2D eigenvalue weighted by Gasteiger charge is -2.17. The summed E-state index contributed by atoms with van der Waals surface area (Å²) in [6.45, 7) is 0. The number of phenols is 1. The van der Waals surface area contributed by atoms with Gasteiger partial charge in [0.1, 0.15) is 5.75 Å². The summed E-state index contributed by atoms with van der Waals surface area (Å²) in [6, 6.07) is 9.50. The molecular weight excluding hydrogens is 291 g/mol. The number of fused-ring (bicyclic) bond motifs is 1. The molecule has 0 radical (unpaired) electrons. The molecule has 2 nitrogen and oxygen atoms in total. The van der Waals surface area contributed by atoms with Gasteiger partial charge in [-0.15, -0.1) is 12.4 Å². The Kier molecular flexibility index (Phi) is 5.25. The summed E-state index contributed by atoms with van der Waals surface area (Å²) in [7, 11) is 0.